The smallest absolute Gasteiger partial charge is 0.266 e. The van der Waals surface area contributed by atoms with Gasteiger partial charge in [-0.25, -0.2) is 4.68 Å². The minimum absolute atomic E-state index is 0.0119. The normalized spacial score (nSPS) is 19.8. The first kappa shape index (κ1) is 14.6. The number of pyridine rings is 1. The lowest BCUT2D eigenvalue weighted by Gasteiger charge is -2.43. The third-order valence-corrected chi connectivity index (χ3v) is 5.10. The standard InChI is InChI=1S/C18H22N4O/c23-18-6-5-17(15-7-9-19-10-8-15)20-22(18)13-14-11-21(12-14)16-3-1-2-4-16/h5-10,14,16H,1-4,11-13H2. The Balaban J connectivity index is 1.44. The molecule has 1 aliphatic heterocycles. The summed E-state index contributed by atoms with van der Waals surface area (Å²) in [4.78, 5) is 18.7. The second-order valence-electron chi connectivity index (χ2n) is 6.73. The molecule has 1 saturated heterocycles. The van der Waals surface area contributed by atoms with Crippen LogP contribution in [0, 0.1) is 5.92 Å². The van der Waals surface area contributed by atoms with Crippen molar-refractivity contribution in [1.82, 2.24) is 19.7 Å². The van der Waals surface area contributed by atoms with Crippen molar-refractivity contribution in [3.05, 3.63) is 47.0 Å². The van der Waals surface area contributed by atoms with Crippen LogP contribution in [0.5, 0.6) is 0 Å². The number of rotatable bonds is 4. The highest BCUT2D eigenvalue weighted by atomic mass is 16.1. The van der Waals surface area contributed by atoms with E-state index >= 15 is 0 Å². The summed E-state index contributed by atoms with van der Waals surface area (Å²) in [6.45, 7) is 2.94. The van der Waals surface area contributed by atoms with E-state index in [9.17, 15) is 4.79 Å². The third kappa shape index (κ3) is 3.06. The summed E-state index contributed by atoms with van der Waals surface area (Å²) in [7, 11) is 0. The van der Waals surface area contributed by atoms with E-state index in [1.54, 1.807) is 29.2 Å². The van der Waals surface area contributed by atoms with Crippen LogP contribution in [0.15, 0.2) is 41.5 Å². The van der Waals surface area contributed by atoms with Gasteiger partial charge in [0.05, 0.1) is 12.2 Å². The zero-order chi connectivity index (χ0) is 15.6. The highest BCUT2D eigenvalue weighted by Gasteiger charge is 2.33. The maximum atomic E-state index is 12.1. The van der Waals surface area contributed by atoms with Crippen LogP contribution in [0.4, 0.5) is 0 Å². The van der Waals surface area contributed by atoms with Gasteiger partial charge in [-0.05, 0) is 31.0 Å². The molecule has 0 aromatic carbocycles. The van der Waals surface area contributed by atoms with Crippen molar-refractivity contribution in [2.75, 3.05) is 13.1 Å². The Labute approximate surface area is 136 Å². The Kier molecular flexibility index (Phi) is 3.95. The van der Waals surface area contributed by atoms with Crippen LogP contribution in [-0.4, -0.2) is 38.8 Å². The Bertz CT molecular complexity index is 715. The first-order valence-electron chi connectivity index (χ1n) is 8.52. The first-order valence-corrected chi connectivity index (χ1v) is 8.52. The van der Waals surface area contributed by atoms with E-state index in [1.165, 1.54) is 25.7 Å². The quantitative estimate of drug-likeness (QED) is 0.868. The Morgan fingerprint density at radius 1 is 1.04 bits per heavy atom. The van der Waals surface area contributed by atoms with E-state index < -0.39 is 0 Å². The summed E-state index contributed by atoms with van der Waals surface area (Å²) in [5, 5.41) is 4.54. The first-order chi connectivity index (χ1) is 11.3. The molecule has 120 valence electrons. The molecule has 2 aromatic heterocycles. The number of likely N-dealkylation sites (tertiary alicyclic amines) is 1. The summed E-state index contributed by atoms with van der Waals surface area (Å²) in [5.74, 6) is 0.550. The van der Waals surface area contributed by atoms with Gasteiger partial charge in [-0.3, -0.25) is 14.7 Å². The molecular weight excluding hydrogens is 288 g/mol. The lowest BCUT2D eigenvalue weighted by atomic mass is 9.97. The fourth-order valence-electron chi connectivity index (χ4n) is 3.79. The number of hydrogen-bond donors (Lipinski definition) is 0. The molecule has 3 heterocycles. The zero-order valence-electron chi connectivity index (χ0n) is 13.3. The van der Waals surface area contributed by atoms with E-state index in [1.807, 2.05) is 12.1 Å². The van der Waals surface area contributed by atoms with Crippen LogP contribution in [0.3, 0.4) is 0 Å². The van der Waals surface area contributed by atoms with E-state index in [0.29, 0.717) is 5.92 Å². The molecule has 0 N–H and O–H groups in total. The minimum atomic E-state index is -0.0119. The largest absolute Gasteiger partial charge is 0.300 e. The Hall–Kier alpha value is -2.01. The van der Waals surface area contributed by atoms with E-state index in [0.717, 1.165) is 36.9 Å². The van der Waals surface area contributed by atoms with Crippen LogP contribution in [-0.2, 0) is 6.54 Å². The average molecular weight is 310 g/mol. The van der Waals surface area contributed by atoms with Gasteiger partial charge in [-0.1, -0.05) is 12.8 Å². The molecule has 1 aliphatic carbocycles. The molecule has 0 bridgehead atoms. The second kappa shape index (κ2) is 6.24. The summed E-state index contributed by atoms with van der Waals surface area (Å²) < 4.78 is 1.63. The SMILES string of the molecule is O=c1ccc(-c2ccncc2)nn1CC1CN(C2CCCC2)C1. The molecule has 2 fully saturated rings. The fourth-order valence-corrected chi connectivity index (χ4v) is 3.79. The van der Waals surface area contributed by atoms with Gasteiger partial charge < -0.3 is 0 Å². The Morgan fingerprint density at radius 2 is 1.78 bits per heavy atom. The van der Waals surface area contributed by atoms with Crippen molar-refractivity contribution in [3.63, 3.8) is 0 Å². The molecule has 1 saturated carbocycles. The van der Waals surface area contributed by atoms with Crippen molar-refractivity contribution in [2.45, 2.75) is 38.3 Å². The lowest BCUT2D eigenvalue weighted by molar-refractivity contribution is 0.0430. The third-order valence-electron chi connectivity index (χ3n) is 5.10. The monoisotopic (exact) mass is 310 g/mol. The topological polar surface area (TPSA) is 51.0 Å². The van der Waals surface area contributed by atoms with Gasteiger partial charge >= 0.3 is 0 Å². The molecule has 0 unspecified atom stereocenters. The van der Waals surface area contributed by atoms with E-state index in [2.05, 4.69) is 15.0 Å². The summed E-state index contributed by atoms with van der Waals surface area (Å²) >= 11 is 0. The van der Waals surface area contributed by atoms with Crippen molar-refractivity contribution in [1.29, 1.82) is 0 Å². The summed E-state index contributed by atoms with van der Waals surface area (Å²) in [6, 6.07) is 8.04. The molecule has 2 aromatic rings. The van der Waals surface area contributed by atoms with E-state index in [4.69, 9.17) is 0 Å². The molecule has 0 spiro atoms. The van der Waals surface area contributed by atoms with Crippen LogP contribution in [0.25, 0.3) is 11.3 Å². The van der Waals surface area contributed by atoms with Crippen LogP contribution >= 0.6 is 0 Å². The molecule has 0 atom stereocenters. The maximum absolute atomic E-state index is 12.1. The number of hydrogen-bond acceptors (Lipinski definition) is 4. The predicted molar refractivity (Wildman–Crippen MR) is 89.0 cm³/mol. The molecule has 2 aliphatic rings. The summed E-state index contributed by atoms with van der Waals surface area (Å²) in [6.07, 6.45) is 8.95. The molecule has 0 amide bonds. The minimum Gasteiger partial charge on any atom is -0.300 e. The number of aromatic nitrogens is 3. The highest BCUT2D eigenvalue weighted by Crippen LogP contribution is 2.29. The van der Waals surface area contributed by atoms with Crippen molar-refractivity contribution in [2.24, 2.45) is 5.92 Å². The van der Waals surface area contributed by atoms with Gasteiger partial charge in [-0.15, -0.1) is 0 Å². The molecule has 4 rings (SSSR count). The second-order valence-corrected chi connectivity index (χ2v) is 6.73. The van der Waals surface area contributed by atoms with Gasteiger partial charge in [-0.2, -0.15) is 5.10 Å². The highest BCUT2D eigenvalue weighted by molar-refractivity contribution is 5.56. The van der Waals surface area contributed by atoms with Crippen LogP contribution in [0.1, 0.15) is 25.7 Å². The predicted octanol–water partition coefficient (Wildman–Crippen LogP) is 2.18. The molecule has 0 radical (unpaired) electrons. The maximum Gasteiger partial charge on any atom is 0.266 e. The molecule has 5 heteroatoms. The molecular formula is C18H22N4O. The van der Waals surface area contributed by atoms with Crippen molar-refractivity contribution in [3.8, 4) is 11.3 Å². The van der Waals surface area contributed by atoms with Gasteiger partial charge in [0, 0.05) is 49.1 Å². The molecule has 5 nitrogen and oxygen atoms in total. The van der Waals surface area contributed by atoms with Gasteiger partial charge in [0.25, 0.3) is 5.56 Å². The zero-order valence-corrected chi connectivity index (χ0v) is 13.3. The lowest BCUT2D eigenvalue weighted by Crippen LogP contribution is -2.53. The molecule has 23 heavy (non-hydrogen) atoms. The Morgan fingerprint density at radius 3 is 2.52 bits per heavy atom. The van der Waals surface area contributed by atoms with Crippen molar-refractivity contribution < 1.29 is 0 Å². The van der Waals surface area contributed by atoms with Crippen LogP contribution in [0.2, 0.25) is 0 Å². The van der Waals surface area contributed by atoms with Gasteiger partial charge in [0.1, 0.15) is 0 Å². The summed E-state index contributed by atoms with van der Waals surface area (Å²) in [5.41, 5.74) is 1.82. The average Bonchev–Trinajstić information content (AvgIpc) is 3.07. The van der Waals surface area contributed by atoms with E-state index in [-0.39, 0.29) is 5.56 Å². The van der Waals surface area contributed by atoms with Gasteiger partial charge in [0.15, 0.2) is 0 Å². The van der Waals surface area contributed by atoms with Crippen molar-refractivity contribution >= 4 is 0 Å². The number of nitrogens with zero attached hydrogens (tertiary/aromatic N) is 4. The van der Waals surface area contributed by atoms with Gasteiger partial charge in [0.2, 0.25) is 0 Å². The van der Waals surface area contributed by atoms with Crippen LogP contribution < -0.4 is 5.56 Å². The fraction of sp³-hybridized carbons (Fsp3) is 0.500.